The quantitative estimate of drug-likeness (QED) is 0.564. The van der Waals surface area contributed by atoms with Crippen LogP contribution < -0.4 is 0 Å². The molecule has 4 bridgehead atoms. The maximum atomic E-state index is 12.0. The van der Waals surface area contributed by atoms with Gasteiger partial charge >= 0.3 is 0 Å². The number of halogens is 1. The Morgan fingerprint density at radius 3 is 2.08 bits per heavy atom. The summed E-state index contributed by atoms with van der Waals surface area (Å²) in [5.74, 6) is 0.173. The van der Waals surface area contributed by atoms with Gasteiger partial charge in [0.1, 0.15) is 0 Å². The van der Waals surface area contributed by atoms with Gasteiger partial charge in [0.05, 0.1) is 0 Å². The van der Waals surface area contributed by atoms with Crippen LogP contribution in [0.15, 0.2) is 34.8 Å². The van der Waals surface area contributed by atoms with Gasteiger partial charge in [0.2, 0.25) is 0 Å². The fourth-order valence-corrected chi connectivity index (χ4v) is 4.05. The van der Waals surface area contributed by atoms with E-state index in [1.54, 1.807) is 6.92 Å². The zero-order valence-corrected chi connectivity index (χ0v) is 16.6. The van der Waals surface area contributed by atoms with Crippen LogP contribution in [0.3, 0.4) is 0 Å². The van der Waals surface area contributed by atoms with Crippen LogP contribution in [0.5, 0.6) is 0 Å². The van der Waals surface area contributed by atoms with E-state index in [4.69, 9.17) is 0 Å². The van der Waals surface area contributed by atoms with Crippen LogP contribution in [0.25, 0.3) is 0 Å². The van der Waals surface area contributed by atoms with Gasteiger partial charge < -0.3 is 0 Å². The number of Topliss-reactive ketones (excluding diaryl/α,β-unsaturated/α-hetero) is 1. The minimum atomic E-state index is 0.144. The average molecular weight is 385 g/mol. The molecule has 0 unspecified atom stereocenters. The van der Waals surface area contributed by atoms with Crippen molar-refractivity contribution in [3.63, 3.8) is 0 Å². The Hall–Kier alpha value is -1.41. The molecular weight excluding hydrogens is 360 g/mol. The molecule has 0 atom stereocenters. The Balaban J connectivity index is 2.11. The van der Waals surface area contributed by atoms with Crippen LogP contribution in [0.4, 0.5) is 0 Å². The topological polar surface area (TPSA) is 17.1 Å². The first-order valence-corrected chi connectivity index (χ1v) is 9.49. The molecule has 0 radical (unpaired) electrons. The molecule has 2 aromatic rings. The maximum Gasteiger partial charge on any atom is 0.160 e. The lowest BCUT2D eigenvalue weighted by Gasteiger charge is -2.23. The van der Waals surface area contributed by atoms with Crippen molar-refractivity contribution in [1.82, 2.24) is 0 Å². The van der Waals surface area contributed by atoms with Gasteiger partial charge in [0.15, 0.2) is 5.78 Å². The van der Waals surface area contributed by atoms with Crippen molar-refractivity contribution in [1.29, 1.82) is 0 Å². The molecule has 0 aliphatic heterocycles. The van der Waals surface area contributed by atoms with Crippen molar-refractivity contribution in [3.05, 3.63) is 68.2 Å². The molecule has 1 nitrogen and oxygen atoms in total. The molecule has 0 N–H and O–H groups in total. The first-order chi connectivity index (χ1) is 11.3. The Kier molecular flexibility index (Phi) is 4.70. The summed E-state index contributed by atoms with van der Waals surface area (Å²) in [7, 11) is 0. The molecule has 0 spiro atoms. The van der Waals surface area contributed by atoms with E-state index in [0.29, 0.717) is 0 Å². The number of hydrogen-bond donors (Lipinski definition) is 0. The van der Waals surface area contributed by atoms with Crippen molar-refractivity contribution >= 4 is 21.7 Å². The van der Waals surface area contributed by atoms with Crippen molar-refractivity contribution in [2.75, 3.05) is 0 Å². The van der Waals surface area contributed by atoms with Crippen LogP contribution in [0, 0.1) is 0 Å². The van der Waals surface area contributed by atoms with E-state index in [-0.39, 0.29) is 11.2 Å². The lowest BCUT2D eigenvalue weighted by Crippen LogP contribution is -2.13. The molecule has 0 saturated carbocycles. The Morgan fingerprint density at radius 2 is 1.50 bits per heavy atom. The third kappa shape index (κ3) is 3.49. The van der Waals surface area contributed by atoms with E-state index in [1.165, 1.54) is 32.3 Å². The second kappa shape index (κ2) is 6.48. The van der Waals surface area contributed by atoms with E-state index in [0.717, 1.165) is 31.2 Å². The maximum absolute atomic E-state index is 12.0. The molecule has 126 valence electrons. The first kappa shape index (κ1) is 17.4. The number of ketones is 1. The highest BCUT2D eigenvalue weighted by Crippen LogP contribution is 2.33. The van der Waals surface area contributed by atoms with Gasteiger partial charge in [0.25, 0.3) is 0 Å². The Morgan fingerprint density at radius 1 is 0.917 bits per heavy atom. The van der Waals surface area contributed by atoms with Crippen molar-refractivity contribution in [2.45, 2.75) is 58.8 Å². The molecule has 0 amide bonds. The molecule has 2 aromatic carbocycles. The summed E-state index contributed by atoms with van der Waals surface area (Å²) in [6.45, 7) is 8.49. The summed E-state index contributed by atoms with van der Waals surface area (Å²) < 4.78 is 1.25. The van der Waals surface area contributed by atoms with Crippen molar-refractivity contribution in [3.8, 4) is 0 Å². The van der Waals surface area contributed by atoms with Gasteiger partial charge in [-0.1, -0.05) is 61.0 Å². The van der Waals surface area contributed by atoms with E-state index < -0.39 is 0 Å². The van der Waals surface area contributed by atoms with E-state index in [1.807, 2.05) is 0 Å². The zero-order chi connectivity index (χ0) is 17.5. The third-order valence-corrected chi connectivity index (χ3v) is 6.01. The van der Waals surface area contributed by atoms with Crippen LogP contribution in [-0.4, -0.2) is 5.78 Å². The molecule has 2 aliphatic rings. The van der Waals surface area contributed by atoms with Gasteiger partial charge in [0, 0.05) is 10.0 Å². The van der Waals surface area contributed by atoms with Gasteiger partial charge in [-0.15, -0.1) is 0 Å². The SMILES string of the molecule is CC(=O)c1cc2ccc1CCc1cc(C(C)(C)C)cc(c1Br)CC2. The van der Waals surface area contributed by atoms with Crippen molar-refractivity contribution < 1.29 is 4.79 Å². The Bertz CT molecular complexity index is 796. The summed E-state index contributed by atoms with van der Waals surface area (Å²) in [5.41, 5.74) is 7.59. The molecule has 0 heterocycles. The number of hydrogen-bond acceptors (Lipinski definition) is 1. The first-order valence-electron chi connectivity index (χ1n) is 8.70. The number of aryl methyl sites for hydroxylation is 4. The van der Waals surface area contributed by atoms with E-state index in [2.05, 4.69) is 67.0 Å². The number of carbonyl (C=O) groups is 1. The number of fused-ring (bicyclic) bond motifs is 4. The third-order valence-electron chi connectivity index (χ3n) is 4.99. The summed E-state index contributed by atoms with van der Waals surface area (Å²) in [4.78, 5) is 12.0. The summed E-state index contributed by atoms with van der Waals surface area (Å²) in [6.07, 6.45) is 3.82. The highest BCUT2D eigenvalue weighted by molar-refractivity contribution is 9.10. The fourth-order valence-electron chi connectivity index (χ4n) is 3.42. The molecule has 4 rings (SSSR count). The number of benzene rings is 2. The largest absolute Gasteiger partial charge is 0.295 e. The van der Waals surface area contributed by atoms with Crippen LogP contribution >= 0.6 is 15.9 Å². The van der Waals surface area contributed by atoms with Gasteiger partial charge in [-0.05, 0) is 71.9 Å². The predicted molar refractivity (Wildman–Crippen MR) is 104 cm³/mol. The Labute approximate surface area is 153 Å². The van der Waals surface area contributed by atoms with Crippen LogP contribution in [0.2, 0.25) is 0 Å². The highest BCUT2D eigenvalue weighted by Gasteiger charge is 2.19. The van der Waals surface area contributed by atoms with Gasteiger partial charge in [-0.2, -0.15) is 0 Å². The molecule has 0 aromatic heterocycles. The highest BCUT2D eigenvalue weighted by atomic mass is 79.9. The van der Waals surface area contributed by atoms with Gasteiger partial charge in [-0.25, -0.2) is 0 Å². The molecule has 0 saturated heterocycles. The van der Waals surface area contributed by atoms with E-state index in [9.17, 15) is 4.79 Å². The standard InChI is InChI=1S/C22H25BrO/c1-14(24)20-11-15-5-7-16(20)9-10-18-13-19(22(2,3)4)12-17(8-6-15)21(18)23/h5,7,11-13H,6,8-10H2,1-4H3. The summed E-state index contributed by atoms with van der Waals surface area (Å²) in [5, 5.41) is 0. The molecule has 2 aliphatic carbocycles. The van der Waals surface area contributed by atoms with Gasteiger partial charge in [-0.3, -0.25) is 4.79 Å². The minimum Gasteiger partial charge on any atom is -0.295 e. The van der Waals surface area contributed by atoms with Crippen molar-refractivity contribution in [2.24, 2.45) is 0 Å². The second-order valence-electron chi connectivity index (χ2n) is 7.91. The summed E-state index contributed by atoms with van der Waals surface area (Å²) >= 11 is 3.84. The molecule has 24 heavy (non-hydrogen) atoms. The predicted octanol–water partition coefficient (Wildman–Crippen LogP) is 5.83. The minimum absolute atomic E-state index is 0.144. The zero-order valence-electron chi connectivity index (χ0n) is 15.0. The van der Waals surface area contributed by atoms with Crippen LogP contribution in [-0.2, 0) is 31.1 Å². The molecule has 0 fully saturated rings. The number of carbonyl (C=O) groups excluding carboxylic acids is 1. The molecular formula is C22H25BrO. The summed E-state index contributed by atoms with van der Waals surface area (Å²) in [6, 6.07) is 11.1. The molecule has 2 heteroatoms. The monoisotopic (exact) mass is 384 g/mol. The smallest absolute Gasteiger partial charge is 0.160 e. The van der Waals surface area contributed by atoms with E-state index >= 15 is 0 Å². The van der Waals surface area contributed by atoms with Crippen LogP contribution in [0.1, 0.15) is 65.9 Å². The average Bonchev–Trinajstić information content (AvgIpc) is 2.53. The normalized spacial score (nSPS) is 14.4. The lowest BCUT2D eigenvalue weighted by molar-refractivity contribution is 0.101. The second-order valence-corrected chi connectivity index (χ2v) is 8.70. The number of rotatable bonds is 1. The fraction of sp³-hybridized carbons (Fsp3) is 0.409. The lowest BCUT2D eigenvalue weighted by atomic mass is 9.84.